The molecule has 2 heterocycles. The molecule has 4 heteroatoms. The predicted molar refractivity (Wildman–Crippen MR) is 108 cm³/mol. The van der Waals surface area contributed by atoms with Crippen molar-refractivity contribution in [2.75, 3.05) is 6.61 Å². The lowest BCUT2D eigenvalue weighted by molar-refractivity contribution is 0.0751. The van der Waals surface area contributed by atoms with Gasteiger partial charge in [-0.25, -0.2) is 0 Å². The number of carbonyl (C=O) groups is 1. The Morgan fingerprint density at radius 3 is 2.43 bits per heavy atom. The molecule has 0 atom stereocenters. The summed E-state index contributed by atoms with van der Waals surface area (Å²) in [6, 6.07) is 19.8. The van der Waals surface area contributed by atoms with Gasteiger partial charge in [-0.2, -0.15) is 0 Å². The average Bonchev–Trinajstić information content (AvgIpc) is 3.48. The molecular formula is C24H22N2O2. The number of hydrogen-bond acceptors (Lipinski definition) is 3. The topological polar surface area (TPSA) is 42.4 Å². The summed E-state index contributed by atoms with van der Waals surface area (Å²) >= 11 is 0. The van der Waals surface area contributed by atoms with Gasteiger partial charge in [-0.3, -0.25) is 9.78 Å². The molecule has 2 aliphatic rings. The Labute approximate surface area is 164 Å². The van der Waals surface area contributed by atoms with Crippen LogP contribution in [-0.2, 0) is 13.1 Å². The molecule has 4 nitrogen and oxygen atoms in total. The van der Waals surface area contributed by atoms with E-state index in [1.165, 1.54) is 24.0 Å². The summed E-state index contributed by atoms with van der Waals surface area (Å²) in [6.45, 7) is 2.05. The van der Waals surface area contributed by atoms with E-state index in [2.05, 4.69) is 17.1 Å². The Balaban J connectivity index is 1.44. The Kier molecular flexibility index (Phi) is 4.32. The van der Waals surface area contributed by atoms with E-state index in [9.17, 15) is 4.79 Å². The molecule has 0 unspecified atom stereocenters. The summed E-state index contributed by atoms with van der Waals surface area (Å²) in [6.07, 6.45) is 4.25. The summed E-state index contributed by atoms with van der Waals surface area (Å²) in [5.74, 6) is 1.51. The second-order valence-corrected chi connectivity index (χ2v) is 7.61. The minimum atomic E-state index is 0.0436. The zero-order valence-corrected chi connectivity index (χ0v) is 15.7. The van der Waals surface area contributed by atoms with Gasteiger partial charge in [0.15, 0.2) is 0 Å². The molecule has 1 saturated carbocycles. The van der Waals surface area contributed by atoms with Crippen LogP contribution in [0.1, 0.15) is 34.3 Å². The number of nitrogens with zero attached hydrogens (tertiary/aromatic N) is 2. The van der Waals surface area contributed by atoms with E-state index in [0.29, 0.717) is 24.6 Å². The highest BCUT2D eigenvalue weighted by Gasteiger charge is 2.26. The van der Waals surface area contributed by atoms with Gasteiger partial charge in [0.05, 0.1) is 12.3 Å². The van der Waals surface area contributed by atoms with Crippen molar-refractivity contribution >= 4 is 5.91 Å². The van der Waals surface area contributed by atoms with Gasteiger partial charge >= 0.3 is 0 Å². The van der Waals surface area contributed by atoms with Gasteiger partial charge in [0.2, 0.25) is 0 Å². The van der Waals surface area contributed by atoms with Crippen LogP contribution in [0.3, 0.4) is 0 Å². The number of ether oxygens (including phenoxy) is 1. The van der Waals surface area contributed by atoms with E-state index in [4.69, 9.17) is 4.74 Å². The van der Waals surface area contributed by atoms with Crippen molar-refractivity contribution in [2.45, 2.75) is 25.9 Å². The molecule has 140 valence electrons. The minimum Gasteiger partial charge on any atom is -0.493 e. The number of amides is 1. The minimum absolute atomic E-state index is 0.0436. The van der Waals surface area contributed by atoms with Crippen LogP contribution in [0.2, 0.25) is 0 Å². The first-order valence-corrected chi connectivity index (χ1v) is 9.82. The van der Waals surface area contributed by atoms with E-state index in [1.807, 2.05) is 53.4 Å². The lowest BCUT2D eigenvalue weighted by Crippen LogP contribution is -2.25. The lowest BCUT2D eigenvalue weighted by atomic mass is 10.0. The summed E-state index contributed by atoms with van der Waals surface area (Å²) in [7, 11) is 0. The van der Waals surface area contributed by atoms with Crippen LogP contribution in [-0.4, -0.2) is 22.4 Å². The molecule has 0 N–H and O–H groups in total. The molecule has 1 amide bonds. The maximum absolute atomic E-state index is 13.2. The summed E-state index contributed by atoms with van der Waals surface area (Å²) < 4.78 is 6.06. The molecule has 0 spiro atoms. The normalized spacial score (nSPS) is 15.4. The second kappa shape index (κ2) is 7.12. The number of hydrogen-bond donors (Lipinski definition) is 0. The molecular weight excluding hydrogens is 348 g/mol. The summed E-state index contributed by atoms with van der Waals surface area (Å²) in [5.41, 5.74) is 4.83. The largest absolute Gasteiger partial charge is 0.493 e. The van der Waals surface area contributed by atoms with Crippen LogP contribution in [0.4, 0.5) is 0 Å². The zero-order valence-electron chi connectivity index (χ0n) is 15.7. The van der Waals surface area contributed by atoms with Crippen LogP contribution >= 0.6 is 0 Å². The monoisotopic (exact) mass is 370 g/mol. The average molecular weight is 370 g/mol. The van der Waals surface area contributed by atoms with Gasteiger partial charge in [0.1, 0.15) is 5.75 Å². The maximum Gasteiger partial charge on any atom is 0.254 e. The van der Waals surface area contributed by atoms with E-state index in [0.717, 1.165) is 23.6 Å². The Bertz CT molecular complexity index is 987. The summed E-state index contributed by atoms with van der Waals surface area (Å²) in [4.78, 5) is 19.5. The highest BCUT2D eigenvalue weighted by Crippen LogP contribution is 2.34. The van der Waals surface area contributed by atoms with Crippen molar-refractivity contribution < 1.29 is 9.53 Å². The third-order valence-electron chi connectivity index (χ3n) is 5.47. The van der Waals surface area contributed by atoms with E-state index >= 15 is 0 Å². The van der Waals surface area contributed by atoms with Gasteiger partial charge in [-0.1, -0.05) is 30.3 Å². The zero-order chi connectivity index (χ0) is 18.9. The number of aromatic nitrogens is 1. The third-order valence-corrected chi connectivity index (χ3v) is 5.47. The van der Waals surface area contributed by atoms with E-state index in [1.54, 1.807) is 6.20 Å². The number of fused-ring (bicyclic) bond motifs is 1. The molecule has 5 rings (SSSR count). The van der Waals surface area contributed by atoms with E-state index < -0.39 is 0 Å². The van der Waals surface area contributed by atoms with Crippen LogP contribution in [0.25, 0.3) is 11.3 Å². The van der Waals surface area contributed by atoms with Crippen LogP contribution in [0.15, 0.2) is 66.9 Å². The molecule has 28 heavy (non-hydrogen) atoms. The fourth-order valence-corrected chi connectivity index (χ4v) is 3.66. The van der Waals surface area contributed by atoms with Gasteiger partial charge < -0.3 is 9.64 Å². The van der Waals surface area contributed by atoms with Crippen molar-refractivity contribution in [1.82, 2.24) is 9.88 Å². The lowest BCUT2D eigenvalue weighted by Gasteiger charge is -2.17. The highest BCUT2D eigenvalue weighted by molar-refractivity contribution is 5.96. The molecule has 1 aromatic heterocycles. The fourth-order valence-electron chi connectivity index (χ4n) is 3.66. The van der Waals surface area contributed by atoms with E-state index in [-0.39, 0.29) is 5.91 Å². The number of pyridine rings is 1. The second-order valence-electron chi connectivity index (χ2n) is 7.61. The number of benzene rings is 2. The van der Waals surface area contributed by atoms with Gasteiger partial charge in [0, 0.05) is 30.4 Å². The Hall–Kier alpha value is -3.14. The fraction of sp³-hybridized carbons (Fsp3) is 0.250. The standard InChI is InChI=1S/C24H22N2O2/c27-24(26-14-19-5-1-2-6-20(19)15-26)18-10-11-23(28-16-17-8-9-17)21(13-18)22-7-3-4-12-25-22/h1-7,10-13,17H,8-9,14-16H2. The van der Waals surface area contributed by atoms with Crippen molar-refractivity contribution in [3.05, 3.63) is 83.6 Å². The molecule has 3 aromatic rings. The van der Waals surface area contributed by atoms with Crippen LogP contribution in [0, 0.1) is 5.92 Å². The highest BCUT2D eigenvalue weighted by atomic mass is 16.5. The van der Waals surface area contributed by atoms with Gasteiger partial charge in [0.25, 0.3) is 5.91 Å². The first-order valence-electron chi connectivity index (χ1n) is 9.82. The SMILES string of the molecule is O=C(c1ccc(OCC2CC2)c(-c2ccccn2)c1)N1Cc2ccccc2C1. The molecule has 1 fully saturated rings. The van der Waals surface area contributed by atoms with Crippen molar-refractivity contribution in [1.29, 1.82) is 0 Å². The number of carbonyl (C=O) groups excluding carboxylic acids is 1. The molecule has 1 aliphatic heterocycles. The first-order chi connectivity index (χ1) is 13.8. The van der Waals surface area contributed by atoms with Crippen LogP contribution < -0.4 is 4.74 Å². The molecule has 0 bridgehead atoms. The van der Waals surface area contributed by atoms with Crippen molar-refractivity contribution in [2.24, 2.45) is 5.92 Å². The van der Waals surface area contributed by atoms with Gasteiger partial charge in [-0.05, 0) is 60.2 Å². The van der Waals surface area contributed by atoms with Crippen molar-refractivity contribution in [3.63, 3.8) is 0 Å². The smallest absolute Gasteiger partial charge is 0.254 e. The quantitative estimate of drug-likeness (QED) is 0.654. The predicted octanol–water partition coefficient (Wildman–Crippen LogP) is 4.69. The molecule has 1 aliphatic carbocycles. The number of rotatable bonds is 5. The first kappa shape index (κ1) is 17.0. The maximum atomic E-state index is 13.2. The third kappa shape index (κ3) is 3.38. The van der Waals surface area contributed by atoms with Gasteiger partial charge in [-0.15, -0.1) is 0 Å². The molecule has 0 radical (unpaired) electrons. The Morgan fingerprint density at radius 2 is 1.75 bits per heavy atom. The molecule has 0 saturated heterocycles. The van der Waals surface area contributed by atoms with Crippen LogP contribution in [0.5, 0.6) is 5.75 Å². The van der Waals surface area contributed by atoms with Crippen molar-refractivity contribution in [3.8, 4) is 17.0 Å². The molecule has 2 aromatic carbocycles. The summed E-state index contributed by atoms with van der Waals surface area (Å²) in [5, 5.41) is 0. The Morgan fingerprint density at radius 1 is 1.00 bits per heavy atom.